The number of nitrogens with one attached hydrogen (secondary N) is 1. The predicted octanol–water partition coefficient (Wildman–Crippen LogP) is 1.22. The summed E-state index contributed by atoms with van der Waals surface area (Å²) in [5, 5.41) is 12.1. The average Bonchev–Trinajstić information content (AvgIpc) is 2.45. The minimum Gasteiger partial charge on any atom is -0.394 e. The first-order valence-electron chi connectivity index (χ1n) is 6.73. The van der Waals surface area contributed by atoms with Crippen LogP contribution >= 0.6 is 0 Å². The van der Waals surface area contributed by atoms with Gasteiger partial charge in [-0.1, -0.05) is 37.3 Å². The molecule has 1 rings (SSSR count). The molecule has 0 heterocycles. The number of carbonyl (C=O) groups is 1. The summed E-state index contributed by atoms with van der Waals surface area (Å²) in [6, 6.07) is 9.41. The Balaban J connectivity index is 2.45. The molecular weight excluding hydrogens is 240 g/mol. The molecule has 19 heavy (non-hydrogen) atoms. The van der Waals surface area contributed by atoms with Gasteiger partial charge in [0.25, 0.3) is 0 Å². The molecule has 4 heteroatoms. The van der Waals surface area contributed by atoms with Gasteiger partial charge in [-0.25, -0.2) is 0 Å². The Bertz CT molecular complexity index is 388. The summed E-state index contributed by atoms with van der Waals surface area (Å²) in [7, 11) is 0. The Kier molecular flexibility index (Phi) is 5.99. The molecule has 0 aromatic heterocycles. The number of hydrogen-bond donors (Lipinski definition) is 3. The lowest BCUT2D eigenvalue weighted by Gasteiger charge is -2.28. The number of carbonyl (C=O) groups excluding carboxylic acids is 1. The van der Waals surface area contributed by atoms with Crippen LogP contribution in [0.15, 0.2) is 30.3 Å². The van der Waals surface area contributed by atoms with Crippen molar-refractivity contribution in [2.75, 3.05) is 6.61 Å². The number of aliphatic hydroxyl groups is 1. The zero-order valence-electron chi connectivity index (χ0n) is 11.7. The summed E-state index contributed by atoms with van der Waals surface area (Å²) >= 11 is 0. The van der Waals surface area contributed by atoms with Crippen LogP contribution < -0.4 is 11.1 Å². The number of aryl methyl sites for hydroxylation is 1. The second-order valence-corrected chi connectivity index (χ2v) is 5.19. The Morgan fingerprint density at radius 3 is 2.58 bits per heavy atom. The maximum Gasteiger partial charge on any atom is 0.237 e. The highest BCUT2D eigenvalue weighted by Crippen LogP contribution is 2.09. The van der Waals surface area contributed by atoms with Crippen molar-refractivity contribution in [1.29, 1.82) is 0 Å². The van der Waals surface area contributed by atoms with E-state index in [9.17, 15) is 9.90 Å². The fraction of sp³-hybridized carbons (Fsp3) is 0.533. The zero-order chi connectivity index (χ0) is 14.3. The van der Waals surface area contributed by atoms with Gasteiger partial charge in [-0.3, -0.25) is 4.79 Å². The van der Waals surface area contributed by atoms with Crippen molar-refractivity contribution in [1.82, 2.24) is 5.32 Å². The molecular formula is C15H24N2O2. The normalized spacial score (nSPS) is 15.6. The molecule has 4 N–H and O–H groups in total. The smallest absolute Gasteiger partial charge is 0.237 e. The Labute approximate surface area is 115 Å². The topological polar surface area (TPSA) is 75.3 Å². The van der Waals surface area contributed by atoms with Crippen molar-refractivity contribution >= 4 is 5.91 Å². The molecule has 0 spiro atoms. The molecule has 0 saturated heterocycles. The van der Waals surface area contributed by atoms with Gasteiger partial charge in [0.1, 0.15) is 0 Å². The van der Waals surface area contributed by atoms with Crippen molar-refractivity contribution in [3.8, 4) is 0 Å². The third-order valence-corrected chi connectivity index (χ3v) is 3.48. The molecule has 1 aromatic rings. The first-order valence-corrected chi connectivity index (χ1v) is 6.73. The summed E-state index contributed by atoms with van der Waals surface area (Å²) in [6.45, 7) is 3.65. The standard InChI is InChI=1S/C15H24N2O2/c1-3-15(2,11-18)17-14(19)13(16)10-9-12-7-5-4-6-8-12/h4-8,13,18H,3,9-11,16H2,1-2H3,(H,17,19)/t13-,15?/m0/s1. The third-order valence-electron chi connectivity index (χ3n) is 3.48. The van der Waals surface area contributed by atoms with Gasteiger partial charge < -0.3 is 16.2 Å². The molecule has 4 nitrogen and oxygen atoms in total. The van der Waals surface area contributed by atoms with Crippen molar-refractivity contribution in [2.45, 2.75) is 44.7 Å². The summed E-state index contributed by atoms with van der Waals surface area (Å²) in [5.74, 6) is -0.200. The van der Waals surface area contributed by atoms with Crippen molar-refractivity contribution in [2.24, 2.45) is 5.73 Å². The minimum atomic E-state index is -0.582. The van der Waals surface area contributed by atoms with Gasteiger partial charge >= 0.3 is 0 Å². The van der Waals surface area contributed by atoms with E-state index >= 15 is 0 Å². The predicted molar refractivity (Wildman–Crippen MR) is 76.7 cm³/mol. The van der Waals surface area contributed by atoms with E-state index in [1.807, 2.05) is 44.2 Å². The van der Waals surface area contributed by atoms with Gasteiger partial charge in [0, 0.05) is 0 Å². The Hall–Kier alpha value is -1.39. The molecule has 1 aromatic carbocycles. The number of amides is 1. The lowest BCUT2D eigenvalue weighted by Crippen LogP contribution is -2.53. The molecule has 1 unspecified atom stereocenters. The van der Waals surface area contributed by atoms with Crippen LogP contribution in [0.25, 0.3) is 0 Å². The maximum atomic E-state index is 12.0. The monoisotopic (exact) mass is 264 g/mol. The van der Waals surface area contributed by atoms with Gasteiger partial charge in [0.15, 0.2) is 0 Å². The Morgan fingerprint density at radius 2 is 2.05 bits per heavy atom. The zero-order valence-corrected chi connectivity index (χ0v) is 11.7. The van der Waals surface area contributed by atoms with Crippen LogP contribution in [-0.4, -0.2) is 29.2 Å². The molecule has 0 aliphatic rings. The van der Waals surface area contributed by atoms with Gasteiger partial charge in [-0.05, 0) is 31.7 Å². The van der Waals surface area contributed by atoms with Gasteiger partial charge in [0.2, 0.25) is 5.91 Å². The van der Waals surface area contributed by atoms with Gasteiger partial charge in [-0.15, -0.1) is 0 Å². The Morgan fingerprint density at radius 1 is 1.42 bits per heavy atom. The second kappa shape index (κ2) is 7.26. The molecule has 0 fully saturated rings. The highest BCUT2D eigenvalue weighted by molar-refractivity contribution is 5.82. The van der Waals surface area contributed by atoms with Gasteiger partial charge in [0.05, 0.1) is 18.2 Å². The SMILES string of the molecule is CCC(C)(CO)NC(=O)[C@@H](N)CCc1ccccc1. The van der Waals surface area contributed by atoms with E-state index in [0.29, 0.717) is 12.8 Å². The first-order chi connectivity index (χ1) is 9.00. The van der Waals surface area contributed by atoms with Crippen LogP contribution in [0.5, 0.6) is 0 Å². The van der Waals surface area contributed by atoms with E-state index in [0.717, 1.165) is 6.42 Å². The minimum absolute atomic E-state index is 0.0827. The number of rotatable bonds is 7. The fourth-order valence-corrected chi connectivity index (χ4v) is 1.73. The molecule has 0 radical (unpaired) electrons. The third kappa shape index (κ3) is 5.01. The van der Waals surface area contributed by atoms with E-state index in [-0.39, 0.29) is 12.5 Å². The van der Waals surface area contributed by atoms with E-state index in [2.05, 4.69) is 5.32 Å². The lowest BCUT2D eigenvalue weighted by atomic mass is 9.98. The van der Waals surface area contributed by atoms with Crippen LogP contribution in [0.1, 0.15) is 32.3 Å². The van der Waals surface area contributed by atoms with E-state index in [4.69, 9.17) is 5.73 Å². The fourth-order valence-electron chi connectivity index (χ4n) is 1.73. The van der Waals surface area contributed by atoms with Crippen LogP contribution in [0.2, 0.25) is 0 Å². The molecule has 0 aliphatic carbocycles. The largest absolute Gasteiger partial charge is 0.394 e. The number of benzene rings is 1. The molecule has 2 atom stereocenters. The van der Waals surface area contributed by atoms with Crippen molar-refractivity contribution in [3.63, 3.8) is 0 Å². The van der Waals surface area contributed by atoms with Crippen LogP contribution in [0, 0.1) is 0 Å². The molecule has 106 valence electrons. The van der Waals surface area contributed by atoms with E-state index < -0.39 is 11.6 Å². The summed E-state index contributed by atoms with van der Waals surface area (Å²) < 4.78 is 0. The van der Waals surface area contributed by atoms with Crippen LogP contribution in [0.3, 0.4) is 0 Å². The van der Waals surface area contributed by atoms with Crippen LogP contribution in [0.4, 0.5) is 0 Å². The summed E-state index contributed by atoms with van der Waals surface area (Å²) in [6.07, 6.45) is 2.04. The van der Waals surface area contributed by atoms with Gasteiger partial charge in [-0.2, -0.15) is 0 Å². The first kappa shape index (κ1) is 15.7. The summed E-state index contributed by atoms with van der Waals surface area (Å²) in [5.41, 5.74) is 6.48. The number of nitrogens with two attached hydrogens (primary N) is 1. The van der Waals surface area contributed by atoms with Crippen molar-refractivity contribution in [3.05, 3.63) is 35.9 Å². The maximum absolute atomic E-state index is 12.0. The molecule has 0 bridgehead atoms. The van der Waals surface area contributed by atoms with Crippen LogP contribution in [-0.2, 0) is 11.2 Å². The highest BCUT2D eigenvalue weighted by Gasteiger charge is 2.25. The van der Waals surface area contributed by atoms with E-state index in [1.54, 1.807) is 0 Å². The molecule has 0 aliphatic heterocycles. The second-order valence-electron chi connectivity index (χ2n) is 5.19. The number of hydrogen-bond acceptors (Lipinski definition) is 3. The number of aliphatic hydroxyl groups excluding tert-OH is 1. The average molecular weight is 264 g/mol. The highest BCUT2D eigenvalue weighted by atomic mass is 16.3. The lowest BCUT2D eigenvalue weighted by molar-refractivity contribution is -0.124. The van der Waals surface area contributed by atoms with E-state index in [1.165, 1.54) is 5.56 Å². The molecule has 0 saturated carbocycles. The summed E-state index contributed by atoms with van der Waals surface area (Å²) in [4.78, 5) is 12.0. The quantitative estimate of drug-likeness (QED) is 0.693. The molecule has 1 amide bonds. The van der Waals surface area contributed by atoms with Crippen molar-refractivity contribution < 1.29 is 9.90 Å².